The van der Waals surface area contributed by atoms with Gasteiger partial charge in [-0.3, -0.25) is 14.6 Å². The van der Waals surface area contributed by atoms with E-state index in [9.17, 15) is 14.4 Å². The van der Waals surface area contributed by atoms with Crippen molar-refractivity contribution in [1.82, 2.24) is 25.6 Å². The van der Waals surface area contributed by atoms with Gasteiger partial charge in [0.2, 0.25) is 5.91 Å². The molecule has 2 heterocycles. The largest absolute Gasteiger partial charge is 0.361 e. The first-order chi connectivity index (χ1) is 11.6. The molecule has 0 saturated carbocycles. The lowest BCUT2D eigenvalue weighted by Gasteiger charge is -1.99. The van der Waals surface area contributed by atoms with Crippen LogP contribution in [0.15, 0.2) is 45.2 Å². The highest BCUT2D eigenvalue weighted by Gasteiger charge is 2.06. The lowest BCUT2D eigenvalue weighted by Crippen LogP contribution is -2.28. The number of aromatic nitrogens is 4. The first-order valence-electron chi connectivity index (χ1n) is 7.19. The normalized spacial score (nSPS) is 11.2. The number of aromatic amines is 3. The molecular formula is C15H14N6O3. The number of hydrogen-bond acceptors (Lipinski definition) is 5. The van der Waals surface area contributed by atoms with Gasteiger partial charge < -0.3 is 4.98 Å². The van der Waals surface area contributed by atoms with Gasteiger partial charge in [0.05, 0.1) is 6.21 Å². The van der Waals surface area contributed by atoms with Crippen molar-refractivity contribution in [3.8, 4) is 0 Å². The second-order valence-corrected chi connectivity index (χ2v) is 5.04. The van der Waals surface area contributed by atoms with E-state index in [-0.39, 0.29) is 24.4 Å². The highest BCUT2D eigenvalue weighted by Crippen LogP contribution is 2.15. The number of H-pyrrole nitrogens is 3. The van der Waals surface area contributed by atoms with Gasteiger partial charge in [-0.05, 0) is 6.07 Å². The van der Waals surface area contributed by atoms with E-state index >= 15 is 0 Å². The summed E-state index contributed by atoms with van der Waals surface area (Å²) in [5.74, 6) is -0.363. The zero-order valence-electron chi connectivity index (χ0n) is 12.5. The van der Waals surface area contributed by atoms with E-state index in [0.29, 0.717) is 0 Å². The Morgan fingerprint density at radius 2 is 2.12 bits per heavy atom. The number of amides is 1. The Labute approximate surface area is 134 Å². The standard InChI is InChI=1S/C15H14N6O3/c22-13(6-5-12-14(23)18-15(24)21-19-12)20-17-8-9-7-16-11-4-2-1-3-10(9)11/h1-4,7-8,16H,5-6H2,(H,20,22)(H2,18,21,23,24)/b17-8-. The minimum absolute atomic E-state index is 0.0212. The minimum atomic E-state index is -0.684. The van der Waals surface area contributed by atoms with Gasteiger partial charge in [-0.15, -0.1) is 0 Å². The number of hydrogen-bond donors (Lipinski definition) is 4. The third kappa shape index (κ3) is 3.46. The van der Waals surface area contributed by atoms with Gasteiger partial charge in [-0.1, -0.05) is 18.2 Å². The molecule has 0 aliphatic heterocycles. The van der Waals surface area contributed by atoms with Crippen LogP contribution in [0.3, 0.4) is 0 Å². The van der Waals surface area contributed by atoms with Crippen molar-refractivity contribution in [3.63, 3.8) is 0 Å². The quantitative estimate of drug-likeness (QED) is 0.388. The number of fused-ring (bicyclic) bond motifs is 1. The second-order valence-electron chi connectivity index (χ2n) is 5.04. The van der Waals surface area contributed by atoms with Crippen molar-refractivity contribution in [3.05, 3.63) is 62.6 Å². The fraction of sp³-hybridized carbons (Fsp3) is 0.133. The summed E-state index contributed by atoms with van der Waals surface area (Å²) in [6.07, 6.45) is 3.46. The molecule has 0 bridgehead atoms. The smallest absolute Gasteiger partial charge is 0.342 e. The Kier molecular flexibility index (Phi) is 4.32. The van der Waals surface area contributed by atoms with Crippen LogP contribution in [0.5, 0.6) is 0 Å². The summed E-state index contributed by atoms with van der Waals surface area (Å²) in [6.45, 7) is 0. The number of para-hydroxylation sites is 1. The second kappa shape index (κ2) is 6.73. The molecule has 0 saturated heterocycles. The topological polar surface area (TPSA) is 136 Å². The summed E-state index contributed by atoms with van der Waals surface area (Å²) in [7, 11) is 0. The van der Waals surface area contributed by atoms with Crippen LogP contribution < -0.4 is 16.7 Å². The molecule has 2 aromatic heterocycles. The van der Waals surface area contributed by atoms with Gasteiger partial charge in [-0.2, -0.15) is 10.2 Å². The average molecular weight is 326 g/mol. The van der Waals surface area contributed by atoms with Gasteiger partial charge in [0, 0.05) is 35.5 Å². The Morgan fingerprint density at radius 3 is 2.96 bits per heavy atom. The maximum Gasteiger partial charge on any atom is 0.342 e. The Balaban J connectivity index is 1.57. The highest BCUT2D eigenvalue weighted by molar-refractivity contribution is 5.99. The van der Waals surface area contributed by atoms with Crippen LogP contribution in [0.4, 0.5) is 0 Å². The number of carbonyl (C=O) groups excluding carboxylic acids is 1. The van der Waals surface area contributed by atoms with E-state index in [2.05, 4.69) is 25.7 Å². The summed E-state index contributed by atoms with van der Waals surface area (Å²) < 4.78 is 0. The molecule has 0 fully saturated rings. The van der Waals surface area contributed by atoms with E-state index in [1.807, 2.05) is 29.2 Å². The van der Waals surface area contributed by atoms with E-state index < -0.39 is 11.2 Å². The molecule has 1 amide bonds. The molecule has 1 aromatic carbocycles. The average Bonchev–Trinajstić information content (AvgIpc) is 2.97. The summed E-state index contributed by atoms with van der Waals surface area (Å²) >= 11 is 0. The Hall–Kier alpha value is -3.49. The van der Waals surface area contributed by atoms with Crippen LogP contribution in [0.1, 0.15) is 17.7 Å². The first-order valence-corrected chi connectivity index (χ1v) is 7.19. The molecule has 0 radical (unpaired) electrons. The Morgan fingerprint density at radius 1 is 1.29 bits per heavy atom. The molecule has 4 N–H and O–H groups in total. The van der Waals surface area contributed by atoms with Crippen LogP contribution in [0.25, 0.3) is 10.9 Å². The lowest BCUT2D eigenvalue weighted by molar-refractivity contribution is -0.121. The molecule has 0 atom stereocenters. The molecule has 0 aliphatic rings. The van der Waals surface area contributed by atoms with Crippen molar-refractivity contribution < 1.29 is 4.79 Å². The molecule has 0 aliphatic carbocycles. The predicted molar refractivity (Wildman–Crippen MR) is 87.8 cm³/mol. The van der Waals surface area contributed by atoms with Gasteiger partial charge in [0.25, 0.3) is 5.56 Å². The van der Waals surface area contributed by atoms with Crippen LogP contribution in [0.2, 0.25) is 0 Å². The van der Waals surface area contributed by atoms with E-state index in [0.717, 1.165) is 16.5 Å². The number of rotatable bonds is 5. The molecule has 0 unspecified atom stereocenters. The Bertz CT molecular complexity index is 1010. The van der Waals surface area contributed by atoms with Crippen molar-refractivity contribution in [2.24, 2.45) is 5.10 Å². The number of benzene rings is 1. The highest BCUT2D eigenvalue weighted by atomic mass is 16.2. The van der Waals surface area contributed by atoms with Gasteiger partial charge in [0.1, 0.15) is 5.69 Å². The van der Waals surface area contributed by atoms with Crippen molar-refractivity contribution in [1.29, 1.82) is 0 Å². The first kappa shape index (κ1) is 15.4. The fourth-order valence-corrected chi connectivity index (χ4v) is 2.20. The predicted octanol–water partition coefficient (Wildman–Crippen LogP) is 0.0224. The number of nitrogens with one attached hydrogen (secondary N) is 4. The van der Waals surface area contributed by atoms with Crippen LogP contribution >= 0.6 is 0 Å². The van der Waals surface area contributed by atoms with E-state index in [4.69, 9.17) is 0 Å². The third-order valence-corrected chi connectivity index (χ3v) is 3.38. The van der Waals surface area contributed by atoms with Crippen LogP contribution in [-0.4, -0.2) is 32.3 Å². The molecular weight excluding hydrogens is 312 g/mol. The van der Waals surface area contributed by atoms with E-state index in [1.54, 1.807) is 12.4 Å². The summed E-state index contributed by atoms with van der Waals surface area (Å²) in [6, 6.07) is 7.73. The maximum absolute atomic E-state index is 11.7. The van der Waals surface area contributed by atoms with Crippen molar-refractivity contribution >= 4 is 23.0 Å². The molecule has 9 nitrogen and oxygen atoms in total. The van der Waals surface area contributed by atoms with Crippen molar-refractivity contribution in [2.75, 3.05) is 0 Å². The molecule has 3 aromatic rings. The molecule has 24 heavy (non-hydrogen) atoms. The summed E-state index contributed by atoms with van der Waals surface area (Å²) in [4.78, 5) is 39.2. The van der Waals surface area contributed by atoms with E-state index in [1.165, 1.54) is 0 Å². The van der Waals surface area contributed by atoms with Gasteiger partial charge in [0.15, 0.2) is 0 Å². The number of aryl methyl sites for hydroxylation is 1. The number of carbonyl (C=O) groups is 1. The molecule has 122 valence electrons. The zero-order chi connectivity index (χ0) is 16.9. The minimum Gasteiger partial charge on any atom is -0.361 e. The molecule has 9 heteroatoms. The van der Waals surface area contributed by atoms with Crippen LogP contribution in [-0.2, 0) is 11.2 Å². The molecule has 3 rings (SSSR count). The summed E-state index contributed by atoms with van der Waals surface area (Å²) in [5.41, 5.74) is 3.02. The third-order valence-electron chi connectivity index (χ3n) is 3.38. The maximum atomic E-state index is 11.7. The summed E-state index contributed by atoms with van der Waals surface area (Å²) in [5, 5.41) is 10.6. The molecule has 0 spiro atoms. The zero-order valence-corrected chi connectivity index (χ0v) is 12.5. The monoisotopic (exact) mass is 326 g/mol. The van der Waals surface area contributed by atoms with Crippen LogP contribution in [0, 0.1) is 0 Å². The SMILES string of the molecule is O=C(CCc1n[nH]c(=O)[nH]c1=O)N/N=C\c1c[nH]c2ccccc12. The van der Waals surface area contributed by atoms with Crippen molar-refractivity contribution in [2.45, 2.75) is 12.8 Å². The lowest BCUT2D eigenvalue weighted by atomic mass is 10.2. The number of nitrogens with zero attached hydrogens (tertiary/aromatic N) is 2. The van der Waals surface area contributed by atoms with Gasteiger partial charge >= 0.3 is 5.69 Å². The number of hydrazone groups is 1. The fourth-order valence-electron chi connectivity index (χ4n) is 2.20. The van der Waals surface area contributed by atoms with Gasteiger partial charge in [-0.25, -0.2) is 15.3 Å².